The zero-order valence-corrected chi connectivity index (χ0v) is 11.2. The summed E-state index contributed by atoms with van der Waals surface area (Å²) < 4.78 is 0. The molecule has 100 valence electrons. The van der Waals surface area contributed by atoms with E-state index in [2.05, 4.69) is 40.2 Å². The largest absolute Gasteiger partial charge is 0.363 e. The smallest absolute Gasteiger partial charge is 0.142 e. The van der Waals surface area contributed by atoms with E-state index in [1.165, 1.54) is 11.1 Å². The molecule has 2 aromatic rings. The van der Waals surface area contributed by atoms with E-state index in [0.29, 0.717) is 12.2 Å². The van der Waals surface area contributed by atoms with Gasteiger partial charge in [0.2, 0.25) is 0 Å². The molecule has 0 saturated heterocycles. The molecule has 2 N–H and O–H groups in total. The fraction of sp³-hybridized carbons (Fsp3) is 0.250. The topological polar surface area (TPSA) is 65.9 Å². The van der Waals surface area contributed by atoms with Crippen molar-refractivity contribution >= 4 is 5.69 Å². The zero-order valence-electron chi connectivity index (χ0n) is 11.2. The minimum atomic E-state index is 0.161. The second kappa shape index (κ2) is 5.32. The van der Waals surface area contributed by atoms with E-state index in [0.717, 1.165) is 18.7 Å². The lowest BCUT2D eigenvalue weighted by Crippen LogP contribution is -2.39. The van der Waals surface area contributed by atoms with Gasteiger partial charge in [0.25, 0.3) is 0 Å². The molecule has 1 aromatic carbocycles. The first-order chi connectivity index (χ1) is 9.83. The minimum Gasteiger partial charge on any atom is -0.363 e. The number of rotatable bonds is 2. The van der Waals surface area contributed by atoms with Crippen molar-refractivity contribution < 1.29 is 0 Å². The van der Waals surface area contributed by atoms with E-state index >= 15 is 0 Å². The summed E-state index contributed by atoms with van der Waals surface area (Å²) in [5, 5.41) is 8.99. The van der Waals surface area contributed by atoms with Crippen molar-refractivity contribution in [3.63, 3.8) is 0 Å². The normalized spacial score (nSPS) is 17.4. The van der Waals surface area contributed by atoms with Crippen molar-refractivity contribution in [2.45, 2.75) is 12.5 Å². The summed E-state index contributed by atoms with van der Waals surface area (Å²) in [6, 6.07) is 14.5. The Labute approximate surface area is 118 Å². The molecule has 0 saturated carbocycles. The molecule has 4 nitrogen and oxygen atoms in total. The number of fused-ring (bicyclic) bond motifs is 1. The van der Waals surface area contributed by atoms with Gasteiger partial charge in [-0.15, -0.1) is 0 Å². The first kappa shape index (κ1) is 12.6. The Hall–Kier alpha value is -2.38. The van der Waals surface area contributed by atoms with Crippen LogP contribution in [0.4, 0.5) is 5.69 Å². The number of nitrogens with zero attached hydrogens (tertiary/aromatic N) is 3. The highest BCUT2D eigenvalue weighted by molar-refractivity contribution is 5.53. The second-order valence-corrected chi connectivity index (χ2v) is 4.90. The van der Waals surface area contributed by atoms with E-state index in [-0.39, 0.29) is 6.04 Å². The highest BCUT2D eigenvalue weighted by Gasteiger charge is 2.26. The molecule has 0 aliphatic carbocycles. The third kappa shape index (κ3) is 2.13. The Morgan fingerprint density at radius 2 is 2.20 bits per heavy atom. The van der Waals surface area contributed by atoms with Gasteiger partial charge >= 0.3 is 0 Å². The molecular weight excluding hydrogens is 248 g/mol. The Morgan fingerprint density at radius 3 is 3.00 bits per heavy atom. The SMILES string of the molecule is N#Cc1cc(N2CCc3ccccc3C2CN)ccn1. The summed E-state index contributed by atoms with van der Waals surface area (Å²) in [5.41, 5.74) is 10.1. The summed E-state index contributed by atoms with van der Waals surface area (Å²) in [7, 11) is 0. The van der Waals surface area contributed by atoms with E-state index in [1.807, 2.05) is 12.1 Å². The summed E-state index contributed by atoms with van der Waals surface area (Å²) in [6.07, 6.45) is 2.68. The van der Waals surface area contributed by atoms with Gasteiger partial charge in [0.1, 0.15) is 11.8 Å². The first-order valence-electron chi connectivity index (χ1n) is 6.74. The van der Waals surface area contributed by atoms with Crippen molar-refractivity contribution in [1.82, 2.24) is 4.98 Å². The molecule has 1 aliphatic rings. The van der Waals surface area contributed by atoms with Crippen molar-refractivity contribution in [1.29, 1.82) is 5.26 Å². The summed E-state index contributed by atoms with van der Waals surface area (Å²) in [6.45, 7) is 1.47. The Kier molecular flexibility index (Phi) is 3.36. The van der Waals surface area contributed by atoms with Crippen LogP contribution in [0.1, 0.15) is 22.9 Å². The van der Waals surface area contributed by atoms with Crippen molar-refractivity contribution in [3.8, 4) is 6.07 Å². The van der Waals surface area contributed by atoms with Crippen LogP contribution in [-0.2, 0) is 6.42 Å². The van der Waals surface area contributed by atoms with Crippen LogP contribution in [0.2, 0.25) is 0 Å². The van der Waals surface area contributed by atoms with Crippen LogP contribution in [0.5, 0.6) is 0 Å². The minimum absolute atomic E-state index is 0.161. The molecule has 0 fully saturated rings. The van der Waals surface area contributed by atoms with Crippen LogP contribution < -0.4 is 10.6 Å². The molecular formula is C16H16N4. The molecule has 0 bridgehead atoms. The predicted octanol–water partition coefficient (Wildman–Crippen LogP) is 2.02. The molecule has 2 heterocycles. The first-order valence-corrected chi connectivity index (χ1v) is 6.74. The Balaban J connectivity index is 2.01. The van der Waals surface area contributed by atoms with Crippen LogP contribution in [0.15, 0.2) is 42.6 Å². The Morgan fingerprint density at radius 1 is 1.35 bits per heavy atom. The number of anilines is 1. The highest BCUT2D eigenvalue weighted by Crippen LogP contribution is 2.32. The van der Waals surface area contributed by atoms with Crippen LogP contribution in [0.3, 0.4) is 0 Å². The van der Waals surface area contributed by atoms with Crippen LogP contribution in [0.25, 0.3) is 0 Å². The average molecular weight is 264 g/mol. The van der Waals surface area contributed by atoms with Crippen molar-refractivity contribution in [2.24, 2.45) is 5.73 Å². The van der Waals surface area contributed by atoms with Gasteiger partial charge in [-0.3, -0.25) is 0 Å². The number of hydrogen-bond acceptors (Lipinski definition) is 4. The molecule has 3 rings (SSSR count). The van der Waals surface area contributed by atoms with E-state index in [1.54, 1.807) is 6.20 Å². The lowest BCUT2D eigenvalue weighted by molar-refractivity contribution is 0.590. The van der Waals surface area contributed by atoms with Crippen molar-refractivity contribution in [2.75, 3.05) is 18.0 Å². The summed E-state index contributed by atoms with van der Waals surface area (Å²) in [5.74, 6) is 0. The van der Waals surface area contributed by atoms with Gasteiger partial charge in [-0.1, -0.05) is 24.3 Å². The van der Waals surface area contributed by atoms with Gasteiger partial charge in [-0.05, 0) is 29.7 Å². The maximum absolute atomic E-state index is 8.99. The number of hydrogen-bond donors (Lipinski definition) is 1. The molecule has 1 atom stereocenters. The zero-order chi connectivity index (χ0) is 13.9. The van der Waals surface area contributed by atoms with E-state index < -0.39 is 0 Å². The van der Waals surface area contributed by atoms with Gasteiger partial charge in [-0.25, -0.2) is 4.98 Å². The number of benzene rings is 1. The molecule has 20 heavy (non-hydrogen) atoms. The maximum atomic E-state index is 8.99. The van der Waals surface area contributed by atoms with Gasteiger partial charge in [-0.2, -0.15) is 5.26 Å². The summed E-state index contributed by atoms with van der Waals surface area (Å²) in [4.78, 5) is 6.30. The molecule has 0 spiro atoms. The number of nitriles is 1. The van der Waals surface area contributed by atoms with E-state index in [9.17, 15) is 0 Å². The quantitative estimate of drug-likeness (QED) is 0.901. The van der Waals surface area contributed by atoms with Crippen molar-refractivity contribution in [3.05, 3.63) is 59.4 Å². The van der Waals surface area contributed by atoms with Gasteiger partial charge in [0, 0.05) is 25.0 Å². The molecule has 1 aliphatic heterocycles. The number of pyridine rings is 1. The van der Waals surface area contributed by atoms with Crippen LogP contribution in [-0.4, -0.2) is 18.1 Å². The second-order valence-electron chi connectivity index (χ2n) is 4.90. The Bertz CT molecular complexity index is 660. The molecule has 0 amide bonds. The van der Waals surface area contributed by atoms with Gasteiger partial charge in [0.15, 0.2) is 0 Å². The maximum Gasteiger partial charge on any atom is 0.142 e. The number of nitrogens with two attached hydrogens (primary N) is 1. The predicted molar refractivity (Wildman–Crippen MR) is 78.2 cm³/mol. The molecule has 1 unspecified atom stereocenters. The van der Waals surface area contributed by atoms with E-state index in [4.69, 9.17) is 11.0 Å². The monoisotopic (exact) mass is 264 g/mol. The molecule has 4 heteroatoms. The van der Waals surface area contributed by atoms with Crippen LogP contribution >= 0.6 is 0 Å². The average Bonchev–Trinajstić information content (AvgIpc) is 2.53. The number of aromatic nitrogens is 1. The van der Waals surface area contributed by atoms with Gasteiger partial charge in [0.05, 0.1) is 6.04 Å². The molecule has 0 radical (unpaired) electrons. The fourth-order valence-corrected chi connectivity index (χ4v) is 2.87. The lowest BCUT2D eigenvalue weighted by Gasteiger charge is -2.38. The van der Waals surface area contributed by atoms with Gasteiger partial charge < -0.3 is 10.6 Å². The van der Waals surface area contributed by atoms with Crippen LogP contribution in [0, 0.1) is 11.3 Å². The summed E-state index contributed by atoms with van der Waals surface area (Å²) >= 11 is 0. The third-order valence-corrected chi connectivity index (χ3v) is 3.83. The highest BCUT2D eigenvalue weighted by atomic mass is 15.2. The molecule has 1 aromatic heterocycles. The lowest BCUT2D eigenvalue weighted by atomic mass is 9.92. The fourth-order valence-electron chi connectivity index (χ4n) is 2.87. The third-order valence-electron chi connectivity index (χ3n) is 3.83. The standard InChI is InChI=1S/C16H16N4/c17-10-13-9-14(5-7-19-13)20-8-6-12-3-1-2-4-15(12)16(20)11-18/h1-5,7,9,16H,6,8,11,18H2.